The van der Waals surface area contributed by atoms with E-state index in [1.165, 1.54) is 19.4 Å². The van der Waals surface area contributed by atoms with E-state index in [-0.39, 0.29) is 0 Å². The van der Waals surface area contributed by atoms with Crippen LogP contribution in [0.25, 0.3) is 0 Å². The highest BCUT2D eigenvalue weighted by atomic mass is 15.0. The maximum absolute atomic E-state index is 5.31. The molecule has 0 spiro atoms. The number of fused-ring (bicyclic) bond motifs is 1. The Hall–Kier alpha value is -0.480. The standard InChI is InChI=1S/C8H11N/c1-2-8-7-4-3-6(7)5-9-8/h1,6-9H,3-5H2. The summed E-state index contributed by atoms with van der Waals surface area (Å²) in [5.74, 6) is 4.54. The third-order valence-electron chi connectivity index (χ3n) is 2.68. The number of hydrogen-bond acceptors (Lipinski definition) is 1. The lowest BCUT2D eigenvalue weighted by molar-refractivity contribution is 0.227. The van der Waals surface area contributed by atoms with E-state index in [0.29, 0.717) is 6.04 Å². The first kappa shape index (κ1) is 5.32. The summed E-state index contributed by atoms with van der Waals surface area (Å²) in [5, 5.41) is 3.33. The van der Waals surface area contributed by atoms with Crippen molar-refractivity contribution in [2.75, 3.05) is 6.54 Å². The van der Waals surface area contributed by atoms with E-state index < -0.39 is 0 Å². The molecule has 0 aromatic heterocycles. The minimum atomic E-state index is 0.406. The summed E-state index contributed by atoms with van der Waals surface area (Å²) in [6.07, 6.45) is 8.06. The summed E-state index contributed by atoms with van der Waals surface area (Å²) in [7, 11) is 0. The predicted molar refractivity (Wildman–Crippen MR) is 36.8 cm³/mol. The summed E-state index contributed by atoms with van der Waals surface area (Å²) in [4.78, 5) is 0. The summed E-state index contributed by atoms with van der Waals surface area (Å²) in [5.41, 5.74) is 0. The number of hydrogen-bond donors (Lipinski definition) is 1. The van der Waals surface area contributed by atoms with Crippen LogP contribution in [0.5, 0.6) is 0 Å². The second-order valence-corrected chi connectivity index (χ2v) is 3.05. The quantitative estimate of drug-likeness (QED) is 0.463. The number of rotatable bonds is 0. The maximum atomic E-state index is 5.31. The smallest absolute Gasteiger partial charge is 0.0718 e. The fraction of sp³-hybridized carbons (Fsp3) is 0.750. The average molecular weight is 121 g/mol. The van der Waals surface area contributed by atoms with E-state index in [9.17, 15) is 0 Å². The van der Waals surface area contributed by atoms with Crippen LogP contribution in [0.2, 0.25) is 0 Å². The molecule has 2 fully saturated rings. The molecule has 1 nitrogen and oxygen atoms in total. The van der Waals surface area contributed by atoms with Gasteiger partial charge in [0.15, 0.2) is 0 Å². The SMILES string of the molecule is C#CC1NCC2CCC21. The molecule has 1 N–H and O–H groups in total. The van der Waals surface area contributed by atoms with Crippen molar-refractivity contribution in [2.45, 2.75) is 18.9 Å². The van der Waals surface area contributed by atoms with Crippen LogP contribution in [0.15, 0.2) is 0 Å². The Labute approximate surface area is 55.8 Å². The van der Waals surface area contributed by atoms with Crippen LogP contribution in [0.4, 0.5) is 0 Å². The molecule has 1 aliphatic heterocycles. The zero-order valence-electron chi connectivity index (χ0n) is 5.43. The zero-order valence-corrected chi connectivity index (χ0v) is 5.43. The van der Waals surface area contributed by atoms with Crippen LogP contribution in [-0.2, 0) is 0 Å². The van der Waals surface area contributed by atoms with Crippen molar-refractivity contribution < 1.29 is 0 Å². The van der Waals surface area contributed by atoms with Gasteiger partial charge in [-0.25, -0.2) is 0 Å². The lowest BCUT2D eigenvalue weighted by Gasteiger charge is -2.30. The van der Waals surface area contributed by atoms with Crippen LogP contribution in [0.3, 0.4) is 0 Å². The largest absolute Gasteiger partial charge is 0.303 e. The average Bonchev–Trinajstić information content (AvgIpc) is 2.07. The van der Waals surface area contributed by atoms with E-state index >= 15 is 0 Å². The highest BCUT2D eigenvalue weighted by Crippen LogP contribution is 2.39. The fourth-order valence-electron chi connectivity index (χ4n) is 1.90. The molecule has 9 heavy (non-hydrogen) atoms. The molecule has 0 amide bonds. The molecule has 1 saturated heterocycles. The van der Waals surface area contributed by atoms with Crippen LogP contribution in [-0.4, -0.2) is 12.6 Å². The fourth-order valence-corrected chi connectivity index (χ4v) is 1.90. The van der Waals surface area contributed by atoms with E-state index in [0.717, 1.165) is 11.8 Å². The van der Waals surface area contributed by atoms with Crippen LogP contribution in [0.1, 0.15) is 12.8 Å². The summed E-state index contributed by atoms with van der Waals surface area (Å²) < 4.78 is 0. The van der Waals surface area contributed by atoms with Crippen molar-refractivity contribution in [2.24, 2.45) is 11.8 Å². The molecule has 0 aromatic rings. The lowest BCUT2D eigenvalue weighted by Crippen LogP contribution is -2.30. The molecule has 3 unspecified atom stereocenters. The minimum absolute atomic E-state index is 0.406. The van der Waals surface area contributed by atoms with Gasteiger partial charge in [-0.2, -0.15) is 0 Å². The van der Waals surface area contributed by atoms with E-state index in [4.69, 9.17) is 6.42 Å². The second-order valence-electron chi connectivity index (χ2n) is 3.05. The number of terminal acetylenes is 1. The van der Waals surface area contributed by atoms with Gasteiger partial charge in [0, 0.05) is 0 Å². The van der Waals surface area contributed by atoms with Gasteiger partial charge in [-0.3, -0.25) is 0 Å². The molecule has 3 atom stereocenters. The predicted octanol–water partition coefficient (Wildman–Crippen LogP) is 0.618. The Balaban J connectivity index is 2.07. The van der Waals surface area contributed by atoms with Crippen LogP contribution >= 0.6 is 0 Å². The van der Waals surface area contributed by atoms with Crippen molar-refractivity contribution in [3.63, 3.8) is 0 Å². The summed E-state index contributed by atoms with van der Waals surface area (Å²) >= 11 is 0. The van der Waals surface area contributed by atoms with Gasteiger partial charge < -0.3 is 5.32 Å². The topological polar surface area (TPSA) is 12.0 Å². The van der Waals surface area contributed by atoms with Gasteiger partial charge in [0.05, 0.1) is 6.04 Å². The first-order valence-corrected chi connectivity index (χ1v) is 3.61. The molecule has 1 heteroatoms. The van der Waals surface area contributed by atoms with Gasteiger partial charge in [-0.05, 0) is 31.2 Å². The van der Waals surface area contributed by atoms with Crippen molar-refractivity contribution in [1.29, 1.82) is 0 Å². The molecule has 1 aliphatic carbocycles. The summed E-state index contributed by atoms with van der Waals surface area (Å²) in [6, 6.07) is 0.406. The van der Waals surface area contributed by atoms with E-state index in [1.807, 2.05) is 0 Å². The first-order chi connectivity index (χ1) is 4.42. The Morgan fingerprint density at radius 3 is 2.67 bits per heavy atom. The third kappa shape index (κ3) is 0.601. The molecular formula is C8H11N. The Kier molecular flexibility index (Phi) is 1.03. The van der Waals surface area contributed by atoms with Crippen molar-refractivity contribution in [1.82, 2.24) is 5.32 Å². The van der Waals surface area contributed by atoms with Crippen molar-refractivity contribution in [3.8, 4) is 12.3 Å². The zero-order chi connectivity index (χ0) is 6.27. The normalized spacial score (nSPS) is 47.2. The third-order valence-corrected chi connectivity index (χ3v) is 2.68. The molecule has 2 aliphatic rings. The van der Waals surface area contributed by atoms with Gasteiger partial charge in [0.25, 0.3) is 0 Å². The molecule has 1 saturated carbocycles. The Bertz CT molecular complexity index is 156. The van der Waals surface area contributed by atoms with Gasteiger partial charge >= 0.3 is 0 Å². The van der Waals surface area contributed by atoms with Gasteiger partial charge in [0.1, 0.15) is 0 Å². The Morgan fingerprint density at radius 1 is 1.44 bits per heavy atom. The molecule has 48 valence electrons. The molecule has 0 aromatic carbocycles. The number of nitrogens with one attached hydrogen (secondary N) is 1. The highest BCUT2D eigenvalue weighted by molar-refractivity contribution is 5.10. The minimum Gasteiger partial charge on any atom is -0.303 e. The molecule has 2 rings (SSSR count). The highest BCUT2D eigenvalue weighted by Gasteiger charge is 2.40. The maximum Gasteiger partial charge on any atom is 0.0718 e. The Morgan fingerprint density at radius 2 is 2.33 bits per heavy atom. The van der Waals surface area contributed by atoms with E-state index in [1.54, 1.807) is 0 Å². The monoisotopic (exact) mass is 121 g/mol. The van der Waals surface area contributed by atoms with Gasteiger partial charge in [0.2, 0.25) is 0 Å². The van der Waals surface area contributed by atoms with Crippen molar-refractivity contribution >= 4 is 0 Å². The lowest BCUT2D eigenvalue weighted by atomic mass is 9.73. The van der Waals surface area contributed by atoms with Gasteiger partial charge in [-0.1, -0.05) is 5.92 Å². The van der Waals surface area contributed by atoms with Gasteiger partial charge in [-0.15, -0.1) is 6.42 Å². The summed E-state index contributed by atoms with van der Waals surface area (Å²) in [6.45, 7) is 1.17. The van der Waals surface area contributed by atoms with Crippen molar-refractivity contribution in [3.05, 3.63) is 0 Å². The molecule has 0 bridgehead atoms. The molecule has 1 heterocycles. The van der Waals surface area contributed by atoms with Crippen LogP contribution < -0.4 is 5.32 Å². The molecular weight excluding hydrogens is 110 g/mol. The second kappa shape index (κ2) is 1.75. The van der Waals surface area contributed by atoms with E-state index in [2.05, 4.69) is 11.2 Å². The first-order valence-electron chi connectivity index (χ1n) is 3.61. The van der Waals surface area contributed by atoms with Crippen LogP contribution in [0, 0.1) is 24.2 Å². The molecule has 0 radical (unpaired) electrons.